The molecule has 0 saturated carbocycles. The molecule has 0 heterocycles. The van der Waals surface area contributed by atoms with Crippen molar-refractivity contribution in [1.82, 2.24) is 0 Å². The zero-order chi connectivity index (χ0) is 13.7. The van der Waals surface area contributed by atoms with Gasteiger partial charge in [-0.15, -0.1) is 0 Å². The topological polar surface area (TPSA) is 44.0 Å². The van der Waals surface area contributed by atoms with Crippen LogP contribution in [0.4, 0.5) is 0 Å². The highest BCUT2D eigenvalue weighted by Gasteiger charge is 2.28. The van der Waals surface area contributed by atoms with Crippen LogP contribution in [-0.2, 0) is 5.60 Å². The number of nitrogens with zero attached hydrogens (tertiary/aromatic N) is 1. The van der Waals surface area contributed by atoms with Crippen molar-refractivity contribution < 1.29 is 5.11 Å². The molecule has 1 aromatic carbocycles. The van der Waals surface area contributed by atoms with E-state index in [4.69, 9.17) is 5.26 Å². The van der Waals surface area contributed by atoms with Gasteiger partial charge in [0, 0.05) is 0 Å². The average molecular weight is 255 g/mol. The summed E-state index contributed by atoms with van der Waals surface area (Å²) in [7, 11) is 0. The summed E-state index contributed by atoms with van der Waals surface area (Å²) in [6.07, 6.45) is 9.06. The number of benzene rings is 1. The number of hydrogen-bond donors (Lipinski definition) is 1. The largest absolute Gasteiger partial charge is 0.381 e. The first-order valence-corrected chi connectivity index (χ1v) is 7.07. The van der Waals surface area contributed by atoms with E-state index in [2.05, 4.69) is 12.1 Å². The monoisotopic (exact) mass is 255 g/mol. The molecule has 1 aliphatic carbocycles. The Balaban J connectivity index is 2.31. The molecule has 0 saturated heterocycles. The fraction of sp³-hybridized carbons (Fsp3) is 0.471. The second-order valence-electron chi connectivity index (χ2n) is 5.45. The lowest BCUT2D eigenvalue weighted by Crippen LogP contribution is -2.24. The summed E-state index contributed by atoms with van der Waals surface area (Å²) in [6.45, 7) is 1.84. The molecule has 2 rings (SSSR count). The Morgan fingerprint density at radius 2 is 2.00 bits per heavy atom. The van der Waals surface area contributed by atoms with Crippen molar-refractivity contribution in [1.29, 1.82) is 5.26 Å². The number of rotatable bonds is 2. The highest BCUT2D eigenvalue weighted by Crippen LogP contribution is 2.34. The fourth-order valence-electron chi connectivity index (χ4n) is 2.71. The van der Waals surface area contributed by atoms with Gasteiger partial charge < -0.3 is 5.11 Å². The normalized spacial score (nSPS) is 22.3. The minimum Gasteiger partial charge on any atom is -0.381 e. The molecule has 1 unspecified atom stereocenters. The number of aliphatic hydroxyl groups is 1. The van der Waals surface area contributed by atoms with Gasteiger partial charge in [0.2, 0.25) is 0 Å². The molecule has 0 amide bonds. The molecule has 1 N–H and O–H groups in total. The molecule has 0 aromatic heterocycles. The van der Waals surface area contributed by atoms with E-state index >= 15 is 0 Å². The molecule has 1 atom stereocenters. The van der Waals surface area contributed by atoms with Gasteiger partial charge in [-0.05, 0) is 55.9 Å². The minimum absolute atomic E-state index is 0.601. The number of allylic oxidation sites excluding steroid dienone is 1. The summed E-state index contributed by atoms with van der Waals surface area (Å²) in [6, 6.07) is 9.44. The van der Waals surface area contributed by atoms with Crippen LogP contribution < -0.4 is 0 Å². The molecular formula is C17H21NO. The highest BCUT2D eigenvalue weighted by molar-refractivity contribution is 5.39. The van der Waals surface area contributed by atoms with Crippen LogP contribution in [0.2, 0.25) is 0 Å². The van der Waals surface area contributed by atoms with E-state index in [-0.39, 0.29) is 0 Å². The predicted octanol–water partition coefficient (Wildman–Crippen LogP) is 4.05. The molecule has 1 aromatic rings. The highest BCUT2D eigenvalue weighted by atomic mass is 16.3. The van der Waals surface area contributed by atoms with Crippen LogP contribution in [0.5, 0.6) is 0 Å². The van der Waals surface area contributed by atoms with Crippen LogP contribution >= 0.6 is 0 Å². The molecule has 2 heteroatoms. The van der Waals surface area contributed by atoms with E-state index in [0.717, 1.165) is 30.4 Å². The average Bonchev–Trinajstić information content (AvgIpc) is 2.38. The lowest BCUT2D eigenvalue weighted by molar-refractivity contribution is 0.0922. The third kappa shape index (κ3) is 3.24. The first-order chi connectivity index (χ1) is 9.14. The lowest BCUT2D eigenvalue weighted by atomic mass is 9.82. The third-order valence-electron chi connectivity index (χ3n) is 3.97. The molecule has 0 fully saturated rings. The minimum atomic E-state index is -0.954. The second-order valence-corrected chi connectivity index (χ2v) is 5.45. The maximum atomic E-state index is 10.9. The molecular weight excluding hydrogens is 234 g/mol. The Morgan fingerprint density at radius 1 is 1.21 bits per heavy atom. The van der Waals surface area contributed by atoms with Crippen molar-refractivity contribution >= 4 is 0 Å². The van der Waals surface area contributed by atoms with Crippen LogP contribution in [0, 0.1) is 11.3 Å². The molecule has 1 aliphatic rings. The quantitative estimate of drug-likeness (QED) is 0.810. The predicted molar refractivity (Wildman–Crippen MR) is 76.5 cm³/mol. The van der Waals surface area contributed by atoms with Gasteiger partial charge in [-0.2, -0.15) is 5.26 Å². The molecule has 19 heavy (non-hydrogen) atoms. The Bertz CT molecular complexity index is 508. The van der Waals surface area contributed by atoms with E-state index in [1.54, 1.807) is 12.1 Å². The zero-order valence-electron chi connectivity index (χ0n) is 11.5. The van der Waals surface area contributed by atoms with Gasteiger partial charge in [-0.25, -0.2) is 0 Å². The van der Waals surface area contributed by atoms with Crippen molar-refractivity contribution in [3.8, 4) is 6.07 Å². The number of nitriles is 1. The second kappa shape index (κ2) is 6.04. The van der Waals surface area contributed by atoms with E-state index < -0.39 is 5.60 Å². The SMILES string of the molecule is CC(O)(/C1=C/CCCCCC1)c1cccc(C#N)c1. The van der Waals surface area contributed by atoms with Gasteiger partial charge in [0.1, 0.15) is 5.60 Å². The summed E-state index contributed by atoms with van der Waals surface area (Å²) < 4.78 is 0. The van der Waals surface area contributed by atoms with E-state index in [1.807, 2.05) is 19.1 Å². The van der Waals surface area contributed by atoms with E-state index in [9.17, 15) is 5.11 Å². The maximum Gasteiger partial charge on any atom is 0.108 e. The molecule has 0 radical (unpaired) electrons. The van der Waals surface area contributed by atoms with Crippen LogP contribution in [0.1, 0.15) is 56.6 Å². The van der Waals surface area contributed by atoms with Crippen molar-refractivity contribution in [3.05, 3.63) is 47.0 Å². The van der Waals surface area contributed by atoms with Gasteiger partial charge in [-0.1, -0.05) is 31.1 Å². The summed E-state index contributed by atoms with van der Waals surface area (Å²) in [4.78, 5) is 0. The Kier molecular flexibility index (Phi) is 4.39. The van der Waals surface area contributed by atoms with Crippen molar-refractivity contribution in [3.63, 3.8) is 0 Å². The Labute approximate surface area is 115 Å². The molecule has 0 bridgehead atoms. The molecule has 0 spiro atoms. The van der Waals surface area contributed by atoms with Gasteiger partial charge >= 0.3 is 0 Å². The van der Waals surface area contributed by atoms with E-state index in [1.165, 1.54) is 19.3 Å². The molecule has 2 nitrogen and oxygen atoms in total. The Morgan fingerprint density at radius 3 is 2.79 bits per heavy atom. The van der Waals surface area contributed by atoms with E-state index in [0.29, 0.717) is 5.56 Å². The fourth-order valence-corrected chi connectivity index (χ4v) is 2.71. The van der Waals surface area contributed by atoms with Gasteiger partial charge in [0.25, 0.3) is 0 Å². The Hall–Kier alpha value is -1.59. The lowest BCUT2D eigenvalue weighted by Gasteiger charge is -2.29. The zero-order valence-corrected chi connectivity index (χ0v) is 11.5. The van der Waals surface area contributed by atoms with Gasteiger partial charge in [0.15, 0.2) is 0 Å². The van der Waals surface area contributed by atoms with Crippen LogP contribution in [0.25, 0.3) is 0 Å². The first-order valence-electron chi connectivity index (χ1n) is 7.07. The van der Waals surface area contributed by atoms with Crippen molar-refractivity contribution in [2.45, 2.75) is 51.0 Å². The summed E-state index contributed by atoms with van der Waals surface area (Å²) >= 11 is 0. The van der Waals surface area contributed by atoms with Crippen molar-refractivity contribution in [2.24, 2.45) is 0 Å². The summed E-state index contributed by atoms with van der Waals surface area (Å²) in [5.74, 6) is 0. The molecule has 0 aliphatic heterocycles. The standard InChI is InChI=1S/C17H21NO/c1-17(19,15-9-5-3-2-4-6-10-15)16-11-7-8-14(12-16)13-18/h7-9,11-12,19H,2-6,10H2,1H3/b15-9+. The van der Waals surface area contributed by atoms with Gasteiger partial charge in [0.05, 0.1) is 11.6 Å². The third-order valence-corrected chi connectivity index (χ3v) is 3.97. The van der Waals surface area contributed by atoms with Crippen LogP contribution in [0.15, 0.2) is 35.9 Å². The smallest absolute Gasteiger partial charge is 0.108 e. The summed E-state index contributed by atoms with van der Waals surface area (Å²) in [5.41, 5.74) is 1.56. The number of hydrogen-bond acceptors (Lipinski definition) is 2. The van der Waals surface area contributed by atoms with Gasteiger partial charge in [-0.3, -0.25) is 0 Å². The first kappa shape index (κ1) is 13.8. The van der Waals surface area contributed by atoms with Crippen LogP contribution in [0.3, 0.4) is 0 Å². The summed E-state index contributed by atoms with van der Waals surface area (Å²) in [5, 5.41) is 19.8. The maximum absolute atomic E-state index is 10.9. The molecule has 100 valence electrons. The van der Waals surface area contributed by atoms with Crippen molar-refractivity contribution in [2.75, 3.05) is 0 Å². The van der Waals surface area contributed by atoms with Crippen LogP contribution in [-0.4, -0.2) is 5.11 Å².